The van der Waals surface area contributed by atoms with Gasteiger partial charge in [0.05, 0.1) is 12.1 Å². The summed E-state index contributed by atoms with van der Waals surface area (Å²) in [6.45, 7) is 0. The van der Waals surface area contributed by atoms with E-state index in [1.54, 1.807) is 11.8 Å². The molecule has 0 bridgehead atoms. The van der Waals surface area contributed by atoms with Crippen LogP contribution in [0.15, 0.2) is 4.99 Å². The number of thioether (sulfide) groups is 1. The summed E-state index contributed by atoms with van der Waals surface area (Å²) < 4.78 is 0. The van der Waals surface area contributed by atoms with Crippen molar-refractivity contribution >= 4 is 16.9 Å². The molecule has 62 valence electrons. The van der Waals surface area contributed by atoms with Gasteiger partial charge in [0.1, 0.15) is 0 Å². The van der Waals surface area contributed by atoms with Gasteiger partial charge in [0.2, 0.25) is 0 Å². The van der Waals surface area contributed by atoms with Gasteiger partial charge < -0.3 is 5.32 Å². The van der Waals surface area contributed by atoms with E-state index in [0.29, 0.717) is 12.1 Å². The molecule has 2 atom stereocenters. The van der Waals surface area contributed by atoms with E-state index in [4.69, 9.17) is 0 Å². The Balaban J connectivity index is 2.02. The van der Waals surface area contributed by atoms with Gasteiger partial charge in [-0.2, -0.15) is 0 Å². The van der Waals surface area contributed by atoms with Crippen LogP contribution in [0.2, 0.25) is 0 Å². The first kappa shape index (κ1) is 7.47. The summed E-state index contributed by atoms with van der Waals surface area (Å²) in [6.07, 6.45) is 7.45. The van der Waals surface area contributed by atoms with Gasteiger partial charge in [0, 0.05) is 0 Å². The standard InChI is InChI=1S/C8H14N2S/c1-11-8-9-6-4-2-3-5-7(6)10-8/h6-7H,2-5H2,1H3,(H,9,10)/t6-,7+. The number of amidine groups is 1. The molecule has 2 aliphatic rings. The monoisotopic (exact) mass is 170 g/mol. The van der Waals surface area contributed by atoms with Crippen molar-refractivity contribution in [2.24, 2.45) is 4.99 Å². The van der Waals surface area contributed by atoms with Gasteiger partial charge in [-0.15, -0.1) is 0 Å². The first-order valence-electron chi connectivity index (χ1n) is 4.28. The molecule has 2 rings (SSSR count). The van der Waals surface area contributed by atoms with E-state index < -0.39 is 0 Å². The molecule has 1 fully saturated rings. The van der Waals surface area contributed by atoms with Crippen LogP contribution in [0.1, 0.15) is 25.7 Å². The van der Waals surface area contributed by atoms with Crippen molar-refractivity contribution in [3.05, 3.63) is 0 Å². The summed E-state index contributed by atoms with van der Waals surface area (Å²) >= 11 is 1.74. The van der Waals surface area contributed by atoms with Gasteiger partial charge in [-0.3, -0.25) is 4.99 Å². The smallest absolute Gasteiger partial charge is 0.156 e. The van der Waals surface area contributed by atoms with Crippen LogP contribution in [-0.2, 0) is 0 Å². The highest BCUT2D eigenvalue weighted by molar-refractivity contribution is 8.13. The molecule has 1 heterocycles. The molecule has 0 saturated heterocycles. The lowest BCUT2D eigenvalue weighted by molar-refractivity contribution is 0.385. The molecule has 0 aromatic rings. The quantitative estimate of drug-likeness (QED) is 0.597. The zero-order valence-electron chi connectivity index (χ0n) is 6.84. The Kier molecular flexibility index (Phi) is 2.07. The minimum absolute atomic E-state index is 0.603. The van der Waals surface area contributed by atoms with Crippen LogP contribution < -0.4 is 5.32 Å². The number of fused-ring (bicyclic) bond motifs is 1. The van der Waals surface area contributed by atoms with Crippen molar-refractivity contribution in [2.75, 3.05) is 6.26 Å². The number of hydrogen-bond acceptors (Lipinski definition) is 3. The maximum Gasteiger partial charge on any atom is 0.156 e. The molecular formula is C8H14N2S. The summed E-state index contributed by atoms with van der Waals surface area (Å²) in [4.78, 5) is 4.60. The normalized spacial score (nSPS) is 35.9. The highest BCUT2D eigenvalue weighted by atomic mass is 32.2. The van der Waals surface area contributed by atoms with Gasteiger partial charge in [-0.25, -0.2) is 0 Å². The summed E-state index contributed by atoms with van der Waals surface area (Å²) in [5.41, 5.74) is 0. The fourth-order valence-corrected chi connectivity index (χ4v) is 2.40. The molecule has 0 aromatic carbocycles. The van der Waals surface area contributed by atoms with Gasteiger partial charge >= 0.3 is 0 Å². The number of rotatable bonds is 0. The Hall–Kier alpha value is -0.180. The van der Waals surface area contributed by atoms with Gasteiger partial charge in [-0.1, -0.05) is 24.6 Å². The Morgan fingerprint density at radius 2 is 2.27 bits per heavy atom. The zero-order chi connectivity index (χ0) is 7.68. The predicted octanol–water partition coefficient (Wildman–Crippen LogP) is 1.62. The average molecular weight is 170 g/mol. The Morgan fingerprint density at radius 1 is 1.45 bits per heavy atom. The minimum Gasteiger partial charge on any atom is -0.360 e. The van der Waals surface area contributed by atoms with E-state index in [-0.39, 0.29) is 0 Å². The van der Waals surface area contributed by atoms with Crippen LogP contribution in [0, 0.1) is 0 Å². The molecule has 3 heteroatoms. The molecule has 1 aliphatic heterocycles. The summed E-state index contributed by atoms with van der Waals surface area (Å²) in [7, 11) is 0. The van der Waals surface area contributed by atoms with Crippen molar-refractivity contribution < 1.29 is 0 Å². The zero-order valence-corrected chi connectivity index (χ0v) is 7.66. The minimum atomic E-state index is 0.603. The highest BCUT2D eigenvalue weighted by Gasteiger charge is 2.29. The molecule has 1 N–H and O–H groups in total. The SMILES string of the molecule is CSC1=N[C@H]2CCCC[C@H]2N1. The third kappa shape index (κ3) is 1.39. The van der Waals surface area contributed by atoms with Crippen LogP contribution >= 0.6 is 11.8 Å². The largest absolute Gasteiger partial charge is 0.360 e. The lowest BCUT2D eigenvalue weighted by Gasteiger charge is -2.22. The molecular weight excluding hydrogens is 156 g/mol. The maximum atomic E-state index is 4.60. The molecule has 1 saturated carbocycles. The van der Waals surface area contributed by atoms with Crippen molar-refractivity contribution in [3.8, 4) is 0 Å². The second-order valence-electron chi connectivity index (χ2n) is 3.24. The lowest BCUT2D eigenvalue weighted by atomic mass is 9.92. The summed E-state index contributed by atoms with van der Waals surface area (Å²) in [6, 6.07) is 1.28. The first-order chi connectivity index (χ1) is 5.40. The second-order valence-corrected chi connectivity index (χ2v) is 4.04. The fourth-order valence-electron chi connectivity index (χ4n) is 1.89. The fraction of sp³-hybridized carbons (Fsp3) is 0.875. The lowest BCUT2D eigenvalue weighted by Crippen LogP contribution is -2.35. The topological polar surface area (TPSA) is 24.4 Å². The molecule has 0 aromatic heterocycles. The van der Waals surface area contributed by atoms with E-state index in [1.165, 1.54) is 25.7 Å². The van der Waals surface area contributed by atoms with Crippen LogP contribution in [0.4, 0.5) is 0 Å². The summed E-state index contributed by atoms with van der Waals surface area (Å²) in [5, 5.41) is 4.61. The summed E-state index contributed by atoms with van der Waals surface area (Å²) in [5.74, 6) is 0. The van der Waals surface area contributed by atoms with Crippen molar-refractivity contribution in [1.82, 2.24) is 5.32 Å². The van der Waals surface area contributed by atoms with E-state index in [0.717, 1.165) is 5.17 Å². The Labute approximate surface area is 71.9 Å². The van der Waals surface area contributed by atoms with Crippen LogP contribution in [0.3, 0.4) is 0 Å². The Bertz CT molecular complexity index is 179. The van der Waals surface area contributed by atoms with Gasteiger partial charge in [0.15, 0.2) is 5.17 Å². The molecule has 0 spiro atoms. The highest BCUT2D eigenvalue weighted by Crippen LogP contribution is 2.26. The van der Waals surface area contributed by atoms with E-state index in [2.05, 4.69) is 16.6 Å². The van der Waals surface area contributed by atoms with E-state index in [1.807, 2.05) is 0 Å². The average Bonchev–Trinajstić information content (AvgIpc) is 2.46. The molecule has 0 unspecified atom stereocenters. The molecule has 11 heavy (non-hydrogen) atoms. The third-order valence-electron chi connectivity index (χ3n) is 2.51. The van der Waals surface area contributed by atoms with Crippen LogP contribution in [-0.4, -0.2) is 23.5 Å². The number of aliphatic imine (C=N–C) groups is 1. The Morgan fingerprint density at radius 3 is 3.00 bits per heavy atom. The molecule has 0 amide bonds. The molecule has 0 radical (unpaired) electrons. The predicted molar refractivity (Wildman–Crippen MR) is 50.1 cm³/mol. The number of nitrogens with zero attached hydrogens (tertiary/aromatic N) is 1. The maximum absolute atomic E-state index is 4.60. The second kappa shape index (κ2) is 3.05. The van der Waals surface area contributed by atoms with Crippen molar-refractivity contribution in [1.29, 1.82) is 0 Å². The van der Waals surface area contributed by atoms with Crippen LogP contribution in [0.5, 0.6) is 0 Å². The number of nitrogens with one attached hydrogen (secondary N) is 1. The molecule has 2 nitrogen and oxygen atoms in total. The third-order valence-corrected chi connectivity index (χ3v) is 3.12. The van der Waals surface area contributed by atoms with E-state index in [9.17, 15) is 0 Å². The van der Waals surface area contributed by atoms with Gasteiger partial charge in [-0.05, 0) is 19.1 Å². The first-order valence-corrected chi connectivity index (χ1v) is 5.51. The number of hydrogen-bond donors (Lipinski definition) is 1. The molecule has 1 aliphatic carbocycles. The van der Waals surface area contributed by atoms with Crippen LogP contribution in [0.25, 0.3) is 0 Å². The van der Waals surface area contributed by atoms with Gasteiger partial charge in [0.25, 0.3) is 0 Å². The van der Waals surface area contributed by atoms with Crippen molar-refractivity contribution in [3.63, 3.8) is 0 Å². The van der Waals surface area contributed by atoms with E-state index >= 15 is 0 Å². The van der Waals surface area contributed by atoms with Crippen molar-refractivity contribution in [2.45, 2.75) is 37.8 Å².